The maximum Gasteiger partial charge on any atom is 0.303 e. The summed E-state index contributed by atoms with van der Waals surface area (Å²) in [6, 6.07) is 12.3. The number of aliphatic hydroxyl groups is 1. The van der Waals surface area contributed by atoms with E-state index in [1.54, 1.807) is 0 Å². The van der Waals surface area contributed by atoms with E-state index in [0.717, 1.165) is 92.4 Å². The molecule has 0 heterocycles. The van der Waals surface area contributed by atoms with Crippen LogP contribution in [0.4, 0.5) is 0 Å². The number of carboxylic acid groups (broad SMARTS) is 3. The minimum Gasteiger partial charge on any atom is -0.501 e. The fourth-order valence-electron chi connectivity index (χ4n) is 9.40. The van der Waals surface area contributed by atoms with Crippen LogP contribution in [0.25, 0.3) is 0 Å². The number of aliphatic carboxylic acids is 3. The van der Waals surface area contributed by atoms with Crippen molar-refractivity contribution in [2.24, 2.45) is 0 Å². The Labute approximate surface area is 341 Å². The number of aryl methyl sites for hydroxylation is 9. The Morgan fingerprint density at radius 2 is 0.821 bits per heavy atom. The van der Waals surface area contributed by atoms with Gasteiger partial charge in [0.15, 0.2) is 5.05 Å². The molecule has 0 spiro atoms. The first-order valence-electron chi connectivity index (χ1n) is 20.7. The minimum absolute atomic E-state index is 0.00574. The van der Waals surface area contributed by atoms with Gasteiger partial charge in [0, 0.05) is 25.2 Å². The third-order valence-electron chi connectivity index (χ3n) is 11.6. The van der Waals surface area contributed by atoms with E-state index in [9.17, 15) is 34.8 Å². The first kappa shape index (κ1) is 46.3. The van der Waals surface area contributed by atoms with Crippen molar-refractivity contribution in [3.05, 3.63) is 103 Å². The first-order valence-corrected chi connectivity index (χ1v) is 21.1. The van der Waals surface area contributed by atoms with Crippen LogP contribution in [0.5, 0.6) is 0 Å². The van der Waals surface area contributed by atoms with Crippen LogP contribution in [-0.4, -0.2) is 43.4 Å². The molecule has 0 saturated heterocycles. The highest BCUT2D eigenvalue weighted by atomic mass is 32.1. The number of benzene rings is 3. The minimum atomic E-state index is -1.20. The fourth-order valence-corrected chi connectivity index (χ4v) is 9.75. The molecule has 0 aliphatic heterocycles. The van der Waals surface area contributed by atoms with Crippen molar-refractivity contribution in [1.29, 1.82) is 0 Å². The smallest absolute Gasteiger partial charge is 0.303 e. The normalized spacial score (nSPS) is 12.1. The summed E-state index contributed by atoms with van der Waals surface area (Å²) in [5.41, 5.74) is 10.1. The maximum absolute atomic E-state index is 12.4. The second-order valence-electron chi connectivity index (χ2n) is 16.2. The highest BCUT2D eigenvalue weighted by molar-refractivity contribution is 7.80. The van der Waals surface area contributed by atoms with E-state index in [1.165, 1.54) is 44.9 Å². The van der Waals surface area contributed by atoms with Crippen LogP contribution in [0.2, 0.25) is 0 Å². The summed E-state index contributed by atoms with van der Waals surface area (Å²) in [5.74, 6) is -2.88. The van der Waals surface area contributed by atoms with E-state index in [-0.39, 0.29) is 30.2 Å². The van der Waals surface area contributed by atoms with Crippen molar-refractivity contribution >= 4 is 35.2 Å². The molecule has 8 heteroatoms. The topological polar surface area (TPSA) is 132 Å². The van der Waals surface area contributed by atoms with E-state index in [2.05, 4.69) is 32.9 Å². The Balaban J connectivity index is 2.34. The van der Waals surface area contributed by atoms with Gasteiger partial charge in [0.05, 0.1) is 5.41 Å². The van der Waals surface area contributed by atoms with Gasteiger partial charge in [0.2, 0.25) is 0 Å². The SMILES string of the molecule is CCCCCCCCCCCCC(c1c(C)cc(CCC(=O)O)cc1C)C(C(O)=S)(c1c(C)cc(CCC(=O)O)cc1C)c1c(C)cc(CCC(=O)O)cc1C. The summed E-state index contributed by atoms with van der Waals surface area (Å²) < 4.78 is 0. The van der Waals surface area contributed by atoms with E-state index < -0.39 is 23.3 Å². The Morgan fingerprint density at radius 3 is 1.12 bits per heavy atom. The molecule has 0 aromatic heterocycles. The van der Waals surface area contributed by atoms with Gasteiger partial charge in [-0.2, -0.15) is 0 Å². The van der Waals surface area contributed by atoms with E-state index in [1.807, 2.05) is 52.0 Å². The standard InChI is InChI=1S/C48H66O7S/c1-8-9-10-11-12-13-14-15-16-17-18-40(44-31(2)25-37(26-32(44)3)19-22-41(49)50)48(47(55)56,45-33(4)27-38(28-34(45)5)20-23-42(51)52)46-35(6)29-39(30-36(46)7)21-24-43(53)54/h25-30,40H,8-24H2,1-7H3,(H,49,50)(H,51,52)(H,53,54)(H,55,56). The number of hydrogen-bond acceptors (Lipinski definition) is 4. The fraction of sp³-hybridized carbons (Fsp3) is 0.542. The van der Waals surface area contributed by atoms with Crippen molar-refractivity contribution in [3.8, 4) is 0 Å². The van der Waals surface area contributed by atoms with Crippen LogP contribution in [0.1, 0.15) is 169 Å². The molecule has 306 valence electrons. The predicted molar refractivity (Wildman–Crippen MR) is 231 cm³/mol. The lowest BCUT2D eigenvalue weighted by atomic mass is 9.57. The lowest BCUT2D eigenvalue weighted by Crippen LogP contribution is -2.45. The number of rotatable bonds is 25. The van der Waals surface area contributed by atoms with E-state index in [0.29, 0.717) is 19.3 Å². The zero-order valence-corrected chi connectivity index (χ0v) is 35.8. The lowest BCUT2D eigenvalue weighted by molar-refractivity contribution is -0.138. The number of thiocarbonyl (C=S) groups is 1. The van der Waals surface area contributed by atoms with Crippen LogP contribution in [0, 0.1) is 41.5 Å². The van der Waals surface area contributed by atoms with Gasteiger partial charge in [0.25, 0.3) is 0 Å². The molecule has 4 N–H and O–H groups in total. The molecule has 1 unspecified atom stereocenters. The van der Waals surface area contributed by atoms with Gasteiger partial charge in [-0.3, -0.25) is 14.4 Å². The lowest BCUT2D eigenvalue weighted by Gasteiger charge is -2.45. The average Bonchev–Trinajstić information content (AvgIpc) is 3.10. The van der Waals surface area contributed by atoms with E-state index >= 15 is 0 Å². The molecule has 3 aromatic carbocycles. The second kappa shape index (κ2) is 22.0. The van der Waals surface area contributed by atoms with Crippen LogP contribution in [0.15, 0.2) is 36.4 Å². The summed E-state index contributed by atoms with van der Waals surface area (Å²) >= 11 is 6.14. The van der Waals surface area contributed by atoms with Crippen LogP contribution >= 0.6 is 12.2 Å². The van der Waals surface area contributed by atoms with Gasteiger partial charge in [0.1, 0.15) is 0 Å². The molecule has 0 bridgehead atoms. The monoisotopic (exact) mass is 786 g/mol. The summed E-state index contributed by atoms with van der Waals surface area (Å²) in [5, 5.41) is 40.7. The Kier molecular flexibility index (Phi) is 18.2. The summed E-state index contributed by atoms with van der Waals surface area (Å²) in [7, 11) is 0. The first-order chi connectivity index (χ1) is 26.5. The van der Waals surface area contributed by atoms with Crippen molar-refractivity contribution in [2.75, 3.05) is 0 Å². The second-order valence-corrected chi connectivity index (χ2v) is 16.6. The predicted octanol–water partition coefficient (Wildman–Crippen LogP) is 11.9. The van der Waals surface area contributed by atoms with Gasteiger partial charge < -0.3 is 20.4 Å². The summed E-state index contributed by atoms with van der Waals surface area (Å²) in [6.07, 6.45) is 13.8. The highest BCUT2D eigenvalue weighted by Gasteiger charge is 2.50. The van der Waals surface area contributed by atoms with Crippen molar-refractivity contribution in [3.63, 3.8) is 0 Å². The quantitative estimate of drug-likeness (QED) is 0.0493. The number of unbranched alkanes of at least 4 members (excludes halogenated alkanes) is 9. The Bertz CT molecular complexity index is 1700. The summed E-state index contributed by atoms with van der Waals surface area (Å²) in [4.78, 5) is 34.7. The van der Waals surface area contributed by atoms with E-state index in [4.69, 9.17) is 12.2 Å². The third kappa shape index (κ3) is 12.2. The summed E-state index contributed by atoms with van der Waals surface area (Å²) in [6.45, 7) is 14.5. The number of carboxylic acids is 3. The van der Waals surface area contributed by atoms with Gasteiger partial charge in [-0.25, -0.2) is 0 Å². The molecular formula is C48H66O7S. The number of carbonyl (C=O) groups is 3. The van der Waals surface area contributed by atoms with Crippen molar-refractivity contribution < 1.29 is 34.8 Å². The molecule has 0 fully saturated rings. The average molecular weight is 787 g/mol. The molecule has 0 radical (unpaired) electrons. The third-order valence-corrected chi connectivity index (χ3v) is 11.9. The molecule has 3 rings (SSSR count). The molecule has 3 aromatic rings. The molecule has 56 heavy (non-hydrogen) atoms. The number of hydrogen-bond donors (Lipinski definition) is 4. The van der Waals surface area contributed by atoms with Crippen LogP contribution < -0.4 is 0 Å². The Hall–Kier alpha value is -4.04. The van der Waals surface area contributed by atoms with Crippen molar-refractivity contribution in [2.45, 2.75) is 169 Å². The zero-order valence-electron chi connectivity index (χ0n) is 35.0. The molecule has 0 saturated carbocycles. The van der Waals surface area contributed by atoms with Crippen LogP contribution in [-0.2, 0) is 39.1 Å². The Morgan fingerprint density at radius 1 is 0.518 bits per heavy atom. The van der Waals surface area contributed by atoms with Gasteiger partial charge >= 0.3 is 17.9 Å². The van der Waals surface area contributed by atoms with Gasteiger partial charge in [-0.15, -0.1) is 0 Å². The molecule has 7 nitrogen and oxygen atoms in total. The molecule has 0 amide bonds. The molecule has 1 atom stereocenters. The molecule has 0 aliphatic rings. The van der Waals surface area contributed by atoms with Crippen molar-refractivity contribution in [1.82, 2.24) is 0 Å². The molecule has 0 aliphatic carbocycles. The molecular weight excluding hydrogens is 721 g/mol. The van der Waals surface area contributed by atoms with Crippen LogP contribution in [0.3, 0.4) is 0 Å². The maximum atomic E-state index is 12.4. The number of aliphatic hydroxyl groups excluding tert-OH is 1. The largest absolute Gasteiger partial charge is 0.501 e. The van der Waals surface area contributed by atoms with Gasteiger partial charge in [-0.1, -0.05) is 108 Å². The highest BCUT2D eigenvalue weighted by Crippen LogP contribution is 2.54. The van der Waals surface area contributed by atoms with Gasteiger partial charge in [-0.05, 0) is 146 Å². The zero-order chi connectivity index (χ0) is 41.6.